The predicted molar refractivity (Wildman–Crippen MR) is 139 cm³/mol. The van der Waals surface area contributed by atoms with E-state index in [0.717, 1.165) is 25.8 Å². The molecule has 1 aromatic heterocycles. The molecule has 1 aliphatic rings. The molecule has 2 heterocycles. The number of guanidine groups is 1. The number of nitro groups is 2. The van der Waals surface area contributed by atoms with Gasteiger partial charge in [-0.3, -0.25) is 30.0 Å². The van der Waals surface area contributed by atoms with Crippen molar-refractivity contribution in [2.75, 3.05) is 30.3 Å². The van der Waals surface area contributed by atoms with Gasteiger partial charge in [-0.2, -0.15) is 0 Å². The number of rotatable bonds is 8. The number of fused-ring (bicyclic) bond motifs is 1. The summed E-state index contributed by atoms with van der Waals surface area (Å²) in [5.74, 6) is 0.557. The van der Waals surface area contributed by atoms with Crippen LogP contribution in [0.5, 0.6) is 0 Å². The van der Waals surface area contributed by atoms with E-state index in [0.29, 0.717) is 52.9 Å². The molecule has 2 aromatic carbocycles. The van der Waals surface area contributed by atoms with Crippen molar-refractivity contribution in [2.24, 2.45) is 4.99 Å². The quantitative estimate of drug-likeness (QED) is 0.144. The van der Waals surface area contributed by atoms with Crippen LogP contribution in [0.1, 0.15) is 32.1 Å². The number of benzene rings is 2. The van der Waals surface area contributed by atoms with E-state index in [1.54, 1.807) is 18.2 Å². The van der Waals surface area contributed by atoms with Gasteiger partial charge in [-0.25, -0.2) is 4.98 Å². The fraction of sp³-hybridized carbons (Fsp3) is 0.348. The van der Waals surface area contributed by atoms with Crippen molar-refractivity contribution in [1.82, 2.24) is 9.88 Å². The third-order valence-corrected chi connectivity index (χ3v) is 6.61. The number of hydrogen-bond donors (Lipinski definition) is 2. The van der Waals surface area contributed by atoms with Crippen LogP contribution in [-0.4, -0.2) is 51.2 Å². The van der Waals surface area contributed by atoms with Crippen molar-refractivity contribution in [3.05, 3.63) is 62.7 Å². The fourth-order valence-electron chi connectivity index (χ4n) is 3.82. The minimum Gasteiger partial charge on any atom is -0.343 e. The number of nitro benzene ring substituents is 2. The maximum absolute atomic E-state index is 12.2. The third-order valence-electron chi connectivity index (χ3n) is 5.68. The summed E-state index contributed by atoms with van der Waals surface area (Å²) in [6.45, 7) is 1.83. The SMILES string of the molecule is O=C1CCCCCN1CCCN=C(Nc1ccc([N+](=O)[O-])cc1)Nc1nc2ccc([N+](=O)[O-])cc2s1. The summed E-state index contributed by atoms with van der Waals surface area (Å²) in [7, 11) is 0. The van der Waals surface area contributed by atoms with Crippen molar-refractivity contribution in [2.45, 2.75) is 32.1 Å². The molecular formula is C23H25N7O5S. The molecular weight excluding hydrogens is 486 g/mol. The van der Waals surface area contributed by atoms with Gasteiger partial charge in [-0.1, -0.05) is 17.8 Å². The highest BCUT2D eigenvalue weighted by Gasteiger charge is 2.16. The molecule has 4 rings (SSSR count). The van der Waals surface area contributed by atoms with Gasteiger partial charge in [0.05, 0.1) is 20.1 Å². The van der Waals surface area contributed by atoms with E-state index in [1.807, 2.05) is 4.90 Å². The number of amides is 1. The van der Waals surface area contributed by atoms with Crippen LogP contribution in [0.25, 0.3) is 10.2 Å². The second-order valence-corrected chi connectivity index (χ2v) is 9.29. The zero-order chi connectivity index (χ0) is 25.5. The second kappa shape index (κ2) is 11.5. The number of aliphatic imine (C=N–C) groups is 1. The highest BCUT2D eigenvalue weighted by Crippen LogP contribution is 2.29. The smallest absolute Gasteiger partial charge is 0.270 e. The summed E-state index contributed by atoms with van der Waals surface area (Å²) in [6, 6.07) is 10.4. The van der Waals surface area contributed by atoms with Gasteiger partial charge in [0.2, 0.25) is 11.9 Å². The molecule has 3 aromatic rings. The first kappa shape index (κ1) is 25.0. The molecule has 1 fully saturated rings. The van der Waals surface area contributed by atoms with E-state index in [1.165, 1.54) is 35.6 Å². The molecule has 0 bridgehead atoms. The lowest BCUT2D eigenvalue weighted by atomic mass is 10.2. The minimum atomic E-state index is -0.471. The summed E-state index contributed by atoms with van der Waals surface area (Å²) in [6.07, 6.45) is 4.28. The maximum Gasteiger partial charge on any atom is 0.270 e. The van der Waals surface area contributed by atoms with Gasteiger partial charge in [0.1, 0.15) is 0 Å². The molecule has 0 atom stereocenters. The topological polar surface area (TPSA) is 156 Å². The van der Waals surface area contributed by atoms with Gasteiger partial charge in [0.15, 0.2) is 5.13 Å². The predicted octanol–water partition coefficient (Wildman–Crippen LogP) is 4.79. The van der Waals surface area contributed by atoms with Crippen LogP contribution in [-0.2, 0) is 4.79 Å². The van der Waals surface area contributed by atoms with Gasteiger partial charge in [0.25, 0.3) is 11.4 Å². The van der Waals surface area contributed by atoms with Gasteiger partial charge < -0.3 is 15.5 Å². The molecule has 2 N–H and O–H groups in total. The average molecular weight is 512 g/mol. The number of nitrogens with one attached hydrogen (secondary N) is 2. The Hall–Kier alpha value is -4.13. The number of anilines is 2. The standard InChI is InChI=1S/C23H25N7O5S/c31-21-5-2-1-3-13-28(21)14-4-12-24-22(25-16-6-8-17(9-7-16)29(32)33)27-23-26-19-11-10-18(30(34)35)15-20(19)36-23/h6-11,15H,1-5,12-14H2,(H2,24,25,26,27). The molecule has 36 heavy (non-hydrogen) atoms. The third kappa shape index (κ3) is 6.50. The van der Waals surface area contributed by atoms with E-state index < -0.39 is 9.85 Å². The van der Waals surface area contributed by atoms with Crippen molar-refractivity contribution in [3.63, 3.8) is 0 Å². The monoisotopic (exact) mass is 511 g/mol. The number of carbonyl (C=O) groups excluding carboxylic acids is 1. The lowest BCUT2D eigenvalue weighted by molar-refractivity contribution is -0.385. The molecule has 188 valence electrons. The maximum atomic E-state index is 12.2. The highest BCUT2D eigenvalue weighted by molar-refractivity contribution is 7.22. The lowest BCUT2D eigenvalue weighted by Crippen LogP contribution is -2.31. The van der Waals surface area contributed by atoms with E-state index >= 15 is 0 Å². The molecule has 0 saturated carbocycles. The van der Waals surface area contributed by atoms with Crippen LogP contribution in [0.3, 0.4) is 0 Å². The normalized spacial score (nSPS) is 14.5. The molecule has 0 aliphatic carbocycles. The zero-order valence-electron chi connectivity index (χ0n) is 19.4. The summed E-state index contributed by atoms with van der Waals surface area (Å²) >= 11 is 1.25. The second-order valence-electron chi connectivity index (χ2n) is 8.26. The van der Waals surface area contributed by atoms with Crippen LogP contribution in [0, 0.1) is 20.2 Å². The Morgan fingerprint density at radius 1 is 1.03 bits per heavy atom. The van der Waals surface area contributed by atoms with Crippen molar-refractivity contribution >= 4 is 55.6 Å². The molecule has 0 unspecified atom stereocenters. The molecule has 0 spiro atoms. The van der Waals surface area contributed by atoms with Gasteiger partial charge in [-0.15, -0.1) is 0 Å². The molecule has 13 heteroatoms. The Morgan fingerprint density at radius 2 is 1.78 bits per heavy atom. The number of thiazole rings is 1. The Labute approximate surface area is 210 Å². The van der Waals surface area contributed by atoms with Gasteiger partial charge in [-0.05, 0) is 37.5 Å². The lowest BCUT2D eigenvalue weighted by Gasteiger charge is -2.20. The molecule has 1 amide bonds. The largest absolute Gasteiger partial charge is 0.343 e. The fourth-order valence-corrected chi connectivity index (χ4v) is 4.72. The first-order valence-corrected chi connectivity index (χ1v) is 12.4. The molecule has 12 nitrogen and oxygen atoms in total. The zero-order valence-corrected chi connectivity index (χ0v) is 20.2. The number of carbonyl (C=O) groups is 1. The minimum absolute atomic E-state index is 0.0151. The first-order chi connectivity index (χ1) is 17.4. The first-order valence-electron chi connectivity index (χ1n) is 11.5. The molecule has 1 aliphatic heterocycles. The Kier molecular flexibility index (Phi) is 8.00. The Bertz CT molecular complexity index is 1290. The highest BCUT2D eigenvalue weighted by atomic mass is 32.1. The van der Waals surface area contributed by atoms with Gasteiger partial charge >= 0.3 is 0 Å². The number of hydrogen-bond acceptors (Lipinski definition) is 8. The van der Waals surface area contributed by atoms with E-state index in [9.17, 15) is 25.0 Å². The van der Waals surface area contributed by atoms with E-state index in [-0.39, 0.29) is 17.3 Å². The molecule has 1 saturated heterocycles. The Balaban J connectivity index is 1.48. The van der Waals surface area contributed by atoms with E-state index in [2.05, 4.69) is 20.6 Å². The van der Waals surface area contributed by atoms with Crippen molar-refractivity contribution in [1.29, 1.82) is 0 Å². The van der Waals surface area contributed by atoms with Crippen LogP contribution in [0.4, 0.5) is 22.2 Å². The van der Waals surface area contributed by atoms with E-state index in [4.69, 9.17) is 0 Å². The summed E-state index contributed by atoms with van der Waals surface area (Å²) in [5, 5.41) is 28.8. The number of aromatic nitrogens is 1. The van der Waals surface area contributed by atoms with Crippen LogP contribution >= 0.6 is 11.3 Å². The van der Waals surface area contributed by atoms with Crippen LogP contribution < -0.4 is 10.6 Å². The van der Waals surface area contributed by atoms with Crippen molar-refractivity contribution in [3.8, 4) is 0 Å². The van der Waals surface area contributed by atoms with Crippen LogP contribution in [0.2, 0.25) is 0 Å². The Morgan fingerprint density at radius 3 is 2.53 bits per heavy atom. The summed E-state index contributed by atoms with van der Waals surface area (Å²) in [5.41, 5.74) is 1.16. The number of nitrogens with zero attached hydrogens (tertiary/aromatic N) is 5. The van der Waals surface area contributed by atoms with Crippen molar-refractivity contribution < 1.29 is 14.6 Å². The number of non-ortho nitro benzene ring substituents is 2. The summed E-state index contributed by atoms with van der Waals surface area (Å²) < 4.78 is 0.654. The average Bonchev–Trinajstić information content (AvgIpc) is 3.14. The molecule has 0 radical (unpaired) electrons. The van der Waals surface area contributed by atoms with Crippen LogP contribution in [0.15, 0.2) is 47.5 Å². The van der Waals surface area contributed by atoms with Gasteiger partial charge in [0, 0.05) is 56.0 Å². The summed E-state index contributed by atoms with van der Waals surface area (Å²) in [4.78, 5) is 44.3. The number of likely N-dealkylation sites (tertiary alicyclic amines) is 1.